The van der Waals surface area contributed by atoms with Gasteiger partial charge in [0.1, 0.15) is 0 Å². The fourth-order valence-corrected chi connectivity index (χ4v) is 3.48. The Labute approximate surface area is 163 Å². The maximum Gasteiger partial charge on any atom is 0.230 e. The van der Waals surface area contributed by atoms with E-state index in [1.165, 1.54) is 17.3 Å². The van der Waals surface area contributed by atoms with Crippen LogP contribution >= 0.6 is 11.8 Å². The summed E-state index contributed by atoms with van der Waals surface area (Å²) in [5, 5.41) is 13.2. The molecule has 3 rings (SSSR count). The predicted molar refractivity (Wildman–Crippen MR) is 107 cm³/mol. The van der Waals surface area contributed by atoms with E-state index < -0.39 is 0 Å². The third-order valence-corrected chi connectivity index (χ3v) is 5.18. The summed E-state index contributed by atoms with van der Waals surface area (Å²) in [5.41, 5.74) is 4.14. The maximum atomic E-state index is 12.2. The monoisotopic (exact) mass is 381 g/mol. The summed E-state index contributed by atoms with van der Waals surface area (Å²) in [6, 6.07) is 18.1. The summed E-state index contributed by atoms with van der Waals surface area (Å²) in [6.07, 6.45) is 1.67. The molecule has 2 N–H and O–H groups in total. The number of hydrogen-bond acceptors (Lipinski definition) is 4. The lowest BCUT2D eigenvalue weighted by atomic mass is 10.1. The Balaban J connectivity index is 1.60. The van der Waals surface area contributed by atoms with Crippen molar-refractivity contribution in [3.05, 3.63) is 83.2 Å². The maximum absolute atomic E-state index is 12.2. The van der Waals surface area contributed by atoms with E-state index >= 15 is 0 Å². The number of aromatic nitrogens is 2. The third-order valence-electron chi connectivity index (χ3n) is 4.19. The van der Waals surface area contributed by atoms with E-state index in [0.717, 1.165) is 22.0 Å². The van der Waals surface area contributed by atoms with Crippen molar-refractivity contribution in [2.45, 2.75) is 31.8 Å². The van der Waals surface area contributed by atoms with Crippen LogP contribution in [-0.2, 0) is 24.5 Å². The molecule has 0 aliphatic heterocycles. The summed E-state index contributed by atoms with van der Waals surface area (Å²) in [5.74, 6) is 0.238. The van der Waals surface area contributed by atoms with Crippen LogP contribution in [0.3, 0.4) is 0 Å². The van der Waals surface area contributed by atoms with Gasteiger partial charge in [0.2, 0.25) is 5.91 Å². The van der Waals surface area contributed by atoms with Crippen LogP contribution < -0.4 is 5.32 Å². The van der Waals surface area contributed by atoms with Crippen LogP contribution in [-0.4, -0.2) is 26.3 Å². The van der Waals surface area contributed by atoms with E-state index in [1.807, 2.05) is 34.9 Å². The second-order valence-electron chi connectivity index (χ2n) is 6.31. The number of benzene rings is 2. The first-order chi connectivity index (χ1) is 13.2. The van der Waals surface area contributed by atoms with Gasteiger partial charge in [-0.1, -0.05) is 71.9 Å². The molecule has 1 aromatic heterocycles. The van der Waals surface area contributed by atoms with Gasteiger partial charge in [-0.25, -0.2) is 4.98 Å². The van der Waals surface area contributed by atoms with E-state index in [-0.39, 0.29) is 18.3 Å². The van der Waals surface area contributed by atoms with Crippen molar-refractivity contribution in [1.82, 2.24) is 14.9 Å². The predicted octanol–water partition coefficient (Wildman–Crippen LogP) is 3.14. The number of amides is 1. The number of carbonyl (C=O) groups excluding carboxylic acids is 1. The molecule has 0 aliphatic carbocycles. The number of nitrogens with zero attached hydrogens (tertiary/aromatic N) is 2. The molecule has 0 unspecified atom stereocenters. The minimum absolute atomic E-state index is 0.0423. The smallest absolute Gasteiger partial charge is 0.230 e. The van der Waals surface area contributed by atoms with Gasteiger partial charge in [-0.3, -0.25) is 4.79 Å². The zero-order chi connectivity index (χ0) is 19.1. The van der Waals surface area contributed by atoms with Gasteiger partial charge in [0, 0.05) is 13.1 Å². The van der Waals surface area contributed by atoms with Crippen molar-refractivity contribution in [1.29, 1.82) is 0 Å². The summed E-state index contributed by atoms with van der Waals surface area (Å²) < 4.78 is 1.96. The first-order valence-electron chi connectivity index (χ1n) is 8.80. The number of rotatable bonds is 8. The van der Waals surface area contributed by atoms with Crippen LogP contribution in [0.25, 0.3) is 0 Å². The number of imidazole rings is 1. The van der Waals surface area contributed by atoms with E-state index in [4.69, 9.17) is 0 Å². The highest BCUT2D eigenvalue weighted by Crippen LogP contribution is 2.20. The normalized spacial score (nSPS) is 10.7. The van der Waals surface area contributed by atoms with Crippen LogP contribution in [0, 0.1) is 6.92 Å². The van der Waals surface area contributed by atoms with Gasteiger partial charge in [0.15, 0.2) is 5.16 Å². The van der Waals surface area contributed by atoms with E-state index in [2.05, 4.69) is 41.5 Å². The molecule has 1 heterocycles. The van der Waals surface area contributed by atoms with Crippen LogP contribution in [0.2, 0.25) is 0 Å². The quantitative estimate of drug-likeness (QED) is 0.588. The molecule has 0 saturated heterocycles. The number of aryl methyl sites for hydroxylation is 1. The Kier molecular flexibility index (Phi) is 6.68. The van der Waals surface area contributed by atoms with E-state index in [1.54, 1.807) is 6.20 Å². The lowest BCUT2D eigenvalue weighted by Gasteiger charge is -2.11. The van der Waals surface area contributed by atoms with Crippen molar-refractivity contribution in [3.63, 3.8) is 0 Å². The second kappa shape index (κ2) is 9.39. The van der Waals surface area contributed by atoms with Gasteiger partial charge >= 0.3 is 0 Å². The van der Waals surface area contributed by atoms with Crippen LogP contribution in [0.4, 0.5) is 0 Å². The van der Waals surface area contributed by atoms with Crippen molar-refractivity contribution in [3.8, 4) is 0 Å². The SMILES string of the molecule is Cc1ccc(Cn2c(CO)cnc2SCC(=O)NCc2ccccc2)cc1. The molecule has 0 saturated carbocycles. The lowest BCUT2D eigenvalue weighted by molar-refractivity contribution is -0.118. The molecule has 2 aromatic carbocycles. The number of nitrogens with one attached hydrogen (secondary N) is 1. The Hall–Kier alpha value is -2.57. The molecule has 0 spiro atoms. The van der Waals surface area contributed by atoms with Crippen LogP contribution in [0.5, 0.6) is 0 Å². The molecular weight excluding hydrogens is 358 g/mol. The van der Waals surface area contributed by atoms with E-state index in [0.29, 0.717) is 13.1 Å². The highest BCUT2D eigenvalue weighted by Gasteiger charge is 2.12. The van der Waals surface area contributed by atoms with Gasteiger partial charge in [-0.15, -0.1) is 0 Å². The van der Waals surface area contributed by atoms with Crippen molar-refractivity contribution >= 4 is 17.7 Å². The van der Waals surface area contributed by atoms with Gasteiger partial charge in [-0.2, -0.15) is 0 Å². The molecule has 5 nitrogen and oxygen atoms in total. The minimum atomic E-state index is -0.0837. The Morgan fingerprint density at radius 1 is 1.11 bits per heavy atom. The molecule has 0 bridgehead atoms. The fraction of sp³-hybridized carbons (Fsp3) is 0.238. The first-order valence-corrected chi connectivity index (χ1v) is 9.78. The molecule has 1 amide bonds. The third kappa shape index (κ3) is 5.45. The Bertz CT molecular complexity index is 876. The zero-order valence-corrected chi connectivity index (χ0v) is 16.1. The zero-order valence-electron chi connectivity index (χ0n) is 15.3. The van der Waals surface area contributed by atoms with Crippen molar-refractivity contribution in [2.24, 2.45) is 0 Å². The molecule has 140 valence electrons. The molecule has 0 fully saturated rings. The van der Waals surface area contributed by atoms with Gasteiger partial charge < -0.3 is 15.0 Å². The highest BCUT2D eigenvalue weighted by atomic mass is 32.2. The van der Waals surface area contributed by atoms with Crippen LogP contribution in [0.15, 0.2) is 66.0 Å². The summed E-state index contributed by atoms with van der Waals surface area (Å²) >= 11 is 1.38. The number of hydrogen-bond donors (Lipinski definition) is 2. The molecule has 0 aliphatic rings. The second-order valence-corrected chi connectivity index (χ2v) is 7.26. The molecule has 27 heavy (non-hydrogen) atoms. The first kappa shape index (κ1) is 19.2. The number of aliphatic hydroxyl groups is 1. The van der Waals surface area contributed by atoms with Crippen molar-refractivity contribution in [2.75, 3.05) is 5.75 Å². The lowest BCUT2D eigenvalue weighted by Crippen LogP contribution is -2.24. The summed E-state index contributed by atoms with van der Waals surface area (Å²) in [7, 11) is 0. The molecule has 3 aromatic rings. The summed E-state index contributed by atoms with van der Waals surface area (Å²) in [6.45, 7) is 3.10. The van der Waals surface area contributed by atoms with Crippen LogP contribution in [0.1, 0.15) is 22.4 Å². The van der Waals surface area contributed by atoms with Gasteiger partial charge in [0.25, 0.3) is 0 Å². The Morgan fingerprint density at radius 3 is 2.56 bits per heavy atom. The van der Waals surface area contributed by atoms with Gasteiger partial charge in [-0.05, 0) is 18.1 Å². The number of thioether (sulfide) groups is 1. The average molecular weight is 382 g/mol. The number of aliphatic hydroxyl groups excluding tert-OH is 1. The standard InChI is InChI=1S/C21H23N3O2S/c1-16-7-9-18(10-8-16)13-24-19(14-25)12-23-21(24)27-15-20(26)22-11-17-5-3-2-4-6-17/h2-10,12,25H,11,13-15H2,1H3,(H,22,26). The molecule has 0 radical (unpaired) electrons. The average Bonchev–Trinajstić information content (AvgIpc) is 3.09. The van der Waals surface area contributed by atoms with Crippen molar-refractivity contribution < 1.29 is 9.90 Å². The Morgan fingerprint density at radius 2 is 1.85 bits per heavy atom. The van der Waals surface area contributed by atoms with Gasteiger partial charge in [0.05, 0.1) is 24.3 Å². The molecule has 6 heteroatoms. The number of carbonyl (C=O) groups is 1. The molecule has 0 atom stereocenters. The highest BCUT2D eigenvalue weighted by molar-refractivity contribution is 7.99. The molecular formula is C21H23N3O2S. The minimum Gasteiger partial charge on any atom is -0.390 e. The fourth-order valence-electron chi connectivity index (χ4n) is 2.66. The largest absolute Gasteiger partial charge is 0.390 e. The summed E-state index contributed by atoms with van der Waals surface area (Å²) in [4.78, 5) is 16.5. The topological polar surface area (TPSA) is 67.1 Å². The van der Waals surface area contributed by atoms with E-state index in [9.17, 15) is 9.90 Å².